The van der Waals surface area contributed by atoms with E-state index in [4.69, 9.17) is 4.42 Å². The Morgan fingerprint density at radius 1 is 1.17 bits per heavy atom. The zero-order valence-electron chi connectivity index (χ0n) is 12.4. The highest BCUT2D eigenvalue weighted by Crippen LogP contribution is 2.24. The predicted molar refractivity (Wildman–Crippen MR) is 86.9 cm³/mol. The zero-order chi connectivity index (χ0) is 15.6. The first kappa shape index (κ1) is 13.8. The van der Waals surface area contributed by atoms with Crippen molar-refractivity contribution < 1.29 is 4.42 Å². The number of hydrogen-bond donors (Lipinski definition) is 0. The Morgan fingerprint density at radius 3 is 2.91 bits per heavy atom. The predicted octanol–water partition coefficient (Wildman–Crippen LogP) is 3.41. The van der Waals surface area contributed by atoms with E-state index in [-0.39, 0.29) is 0 Å². The second-order valence-corrected chi connectivity index (χ2v) is 5.94. The molecule has 4 aromatic rings. The van der Waals surface area contributed by atoms with Gasteiger partial charge in [0.15, 0.2) is 10.8 Å². The molecule has 3 heterocycles. The van der Waals surface area contributed by atoms with Crippen LogP contribution in [-0.4, -0.2) is 25.2 Å². The summed E-state index contributed by atoms with van der Waals surface area (Å²) in [6.07, 6.45) is 1.64. The molecule has 0 radical (unpaired) electrons. The van der Waals surface area contributed by atoms with Gasteiger partial charge in [-0.1, -0.05) is 24.3 Å². The molecule has 0 amide bonds. The minimum Gasteiger partial charge on any atom is -0.462 e. The summed E-state index contributed by atoms with van der Waals surface area (Å²) in [7, 11) is 0. The lowest BCUT2D eigenvalue weighted by molar-refractivity contribution is 0.563. The molecule has 7 heteroatoms. The van der Waals surface area contributed by atoms with Crippen molar-refractivity contribution in [1.29, 1.82) is 0 Å². The van der Waals surface area contributed by atoms with Gasteiger partial charge in [-0.05, 0) is 29.8 Å². The first-order valence-electron chi connectivity index (χ1n) is 7.12. The number of furan rings is 1. The summed E-state index contributed by atoms with van der Waals surface area (Å²) >= 11 is 1.54. The first-order chi connectivity index (χ1) is 11.3. The minimum atomic E-state index is 0.482. The van der Waals surface area contributed by atoms with Crippen LogP contribution in [0.5, 0.6) is 0 Å². The molecule has 0 saturated carbocycles. The summed E-state index contributed by atoms with van der Waals surface area (Å²) in [5, 5.41) is 15.5. The SMILES string of the molecule is Cc1ccccc1-c1nnn(Cc2csc(-c3ccco3)n2)n1. The number of thiazole rings is 1. The van der Waals surface area contributed by atoms with Crippen LogP contribution in [0.1, 0.15) is 11.3 Å². The number of aryl methyl sites for hydroxylation is 1. The summed E-state index contributed by atoms with van der Waals surface area (Å²) in [6.45, 7) is 2.52. The van der Waals surface area contributed by atoms with E-state index in [1.54, 1.807) is 11.1 Å². The fourth-order valence-corrected chi connectivity index (χ4v) is 3.06. The Bertz CT molecular complexity index is 926. The number of rotatable bonds is 4. The van der Waals surface area contributed by atoms with Crippen LogP contribution in [0.4, 0.5) is 0 Å². The molecular formula is C16H13N5OS. The molecule has 3 aromatic heterocycles. The monoisotopic (exact) mass is 323 g/mol. The third-order valence-electron chi connectivity index (χ3n) is 3.43. The third-order valence-corrected chi connectivity index (χ3v) is 4.33. The van der Waals surface area contributed by atoms with Gasteiger partial charge in [0.25, 0.3) is 0 Å². The van der Waals surface area contributed by atoms with Gasteiger partial charge in [-0.2, -0.15) is 4.80 Å². The Balaban J connectivity index is 1.55. The molecular weight excluding hydrogens is 310 g/mol. The number of nitrogens with zero attached hydrogens (tertiary/aromatic N) is 5. The molecule has 4 rings (SSSR count). The molecule has 0 N–H and O–H groups in total. The Kier molecular flexibility index (Phi) is 3.47. The summed E-state index contributed by atoms with van der Waals surface area (Å²) in [5.74, 6) is 1.40. The molecule has 0 fully saturated rings. The van der Waals surface area contributed by atoms with Crippen LogP contribution >= 0.6 is 11.3 Å². The van der Waals surface area contributed by atoms with Crippen LogP contribution in [-0.2, 0) is 6.54 Å². The molecule has 23 heavy (non-hydrogen) atoms. The number of aromatic nitrogens is 5. The fraction of sp³-hybridized carbons (Fsp3) is 0.125. The van der Waals surface area contributed by atoms with E-state index in [0.717, 1.165) is 27.6 Å². The van der Waals surface area contributed by atoms with Crippen LogP contribution in [0.25, 0.3) is 22.2 Å². The van der Waals surface area contributed by atoms with Crippen molar-refractivity contribution in [1.82, 2.24) is 25.2 Å². The van der Waals surface area contributed by atoms with Crippen molar-refractivity contribution in [2.75, 3.05) is 0 Å². The molecule has 1 aromatic carbocycles. The third kappa shape index (κ3) is 2.78. The molecule has 0 aliphatic carbocycles. The molecule has 0 bridgehead atoms. The first-order valence-corrected chi connectivity index (χ1v) is 7.99. The highest BCUT2D eigenvalue weighted by molar-refractivity contribution is 7.13. The van der Waals surface area contributed by atoms with Gasteiger partial charge >= 0.3 is 0 Å². The van der Waals surface area contributed by atoms with E-state index in [1.165, 1.54) is 11.3 Å². The van der Waals surface area contributed by atoms with Gasteiger partial charge in [-0.3, -0.25) is 0 Å². The smallest absolute Gasteiger partial charge is 0.205 e. The molecule has 6 nitrogen and oxygen atoms in total. The second kappa shape index (κ2) is 5.77. The maximum absolute atomic E-state index is 5.36. The maximum atomic E-state index is 5.36. The zero-order valence-corrected chi connectivity index (χ0v) is 13.2. The quantitative estimate of drug-likeness (QED) is 0.575. The van der Waals surface area contributed by atoms with Gasteiger partial charge in [0.05, 0.1) is 12.0 Å². The van der Waals surface area contributed by atoms with Crippen LogP contribution in [0, 0.1) is 6.92 Å². The summed E-state index contributed by atoms with van der Waals surface area (Å²) < 4.78 is 5.36. The topological polar surface area (TPSA) is 69.6 Å². The summed E-state index contributed by atoms with van der Waals surface area (Å²) in [5.41, 5.74) is 3.00. The van der Waals surface area contributed by atoms with Crippen LogP contribution < -0.4 is 0 Å². The van der Waals surface area contributed by atoms with Gasteiger partial charge in [-0.15, -0.1) is 21.5 Å². The molecule has 0 saturated heterocycles. The minimum absolute atomic E-state index is 0.482. The lowest BCUT2D eigenvalue weighted by Gasteiger charge is -1.98. The largest absolute Gasteiger partial charge is 0.462 e. The lowest BCUT2D eigenvalue weighted by atomic mass is 10.1. The highest BCUT2D eigenvalue weighted by atomic mass is 32.1. The van der Waals surface area contributed by atoms with Crippen LogP contribution in [0.2, 0.25) is 0 Å². The average molecular weight is 323 g/mol. The highest BCUT2D eigenvalue weighted by Gasteiger charge is 2.11. The van der Waals surface area contributed by atoms with E-state index >= 15 is 0 Å². The fourth-order valence-electron chi connectivity index (χ4n) is 2.28. The van der Waals surface area contributed by atoms with Gasteiger partial charge in [0.1, 0.15) is 6.54 Å². The number of tetrazole rings is 1. The summed E-state index contributed by atoms with van der Waals surface area (Å²) in [4.78, 5) is 6.10. The van der Waals surface area contributed by atoms with Crippen molar-refractivity contribution in [3.63, 3.8) is 0 Å². The van der Waals surface area contributed by atoms with E-state index in [0.29, 0.717) is 12.4 Å². The molecule has 0 aliphatic heterocycles. The van der Waals surface area contributed by atoms with E-state index in [9.17, 15) is 0 Å². The van der Waals surface area contributed by atoms with Crippen molar-refractivity contribution in [2.24, 2.45) is 0 Å². The van der Waals surface area contributed by atoms with Gasteiger partial charge < -0.3 is 4.42 Å². The molecule has 0 atom stereocenters. The average Bonchev–Trinajstić information content (AvgIpc) is 3.29. The van der Waals surface area contributed by atoms with Crippen molar-refractivity contribution >= 4 is 11.3 Å². The standard InChI is InChI=1S/C16H13N5OS/c1-11-5-2-3-6-13(11)15-18-20-21(19-15)9-12-10-23-16(17-12)14-7-4-8-22-14/h2-8,10H,9H2,1H3. The van der Waals surface area contributed by atoms with E-state index in [1.807, 2.05) is 48.7 Å². The Labute approximate surface area is 136 Å². The maximum Gasteiger partial charge on any atom is 0.205 e. The van der Waals surface area contributed by atoms with Crippen LogP contribution in [0.15, 0.2) is 52.5 Å². The summed E-state index contributed by atoms with van der Waals surface area (Å²) in [6, 6.07) is 11.7. The van der Waals surface area contributed by atoms with Crippen molar-refractivity contribution in [3.05, 3.63) is 59.3 Å². The van der Waals surface area contributed by atoms with Crippen molar-refractivity contribution in [2.45, 2.75) is 13.5 Å². The Morgan fingerprint density at radius 2 is 2.09 bits per heavy atom. The van der Waals surface area contributed by atoms with E-state index in [2.05, 4.69) is 20.4 Å². The van der Waals surface area contributed by atoms with Crippen LogP contribution in [0.3, 0.4) is 0 Å². The molecule has 0 spiro atoms. The van der Waals surface area contributed by atoms with Gasteiger partial charge in [-0.25, -0.2) is 4.98 Å². The van der Waals surface area contributed by atoms with Gasteiger partial charge in [0.2, 0.25) is 5.82 Å². The second-order valence-electron chi connectivity index (χ2n) is 5.08. The molecule has 0 unspecified atom stereocenters. The van der Waals surface area contributed by atoms with Gasteiger partial charge in [0, 0.05) is 10.9 Å². The molecule has 0 aliphatic rings. The molecule has 114 valence electrons. The Hall–Kier alpha value is -2.80. The number of benzene rings is 1. The van der Waals surface area contributed by atoms with Crippen molar-refractivity contribution in [3.8, 4) is 22.2 Å². The normalized spacial score (nSPS) is 11.0. The van der Waals surface area contributed by atoms with E-state index < -0.39 is 0 Å². The lowest BCUT2D eigenvalue weighted by Crippen LogP contribution is -2.04. The number of hydrogen-bond acceptors (Lipinski definition) is 6.